The maximum Gasteiger partial charge on any atom is 0.148 e. The molecule has 0 bridgehead atoms. The second-order valence-electron chi connectivity index (χ2n) is 3.99. The van der Waals surface area contributed by atoms with Crippen LogP contribution >= 0.6 is 0 Å². The molecular weight excluding hydrogens is 220 g/mol. The van der Waals surface area contributed by atoms with Crippen molar-refractivity contribution in [2.75, 3.05) is 31.4 Å². The number of aryl methyl sites for hydroxylation is 2. The van der Waals surface area contributed by atoms with E-state index in [2.05, 4.69) is 10.4 Å². The molecule has 0 aliphatic heterocycles. The molecule has 0 spiro atoms. The molecule has 1 aromatic rings. The van der Waals surface area contributed by atoms with Gasteiger partial charge in [-0.3, -0.25) is 4.68 Å². The normalized spacial score (nSPS) is 12.7. The predicted molar refractivity (Wildman–Crippen MR) is 68.0 cm³/mol. The molecule has 6 nitrogen and oxygen atoms in total. The number of aliphatic hydroxyl groups excluding tert-OH is 1. The van der Waals surface area contributed by atoms with Gasteiger partial charge in [-0.1, -0.05) is 6.92 Å². The fourth-order valence-corrected chi connectivity index (χ4v) is 1.69. The Morgan fingerprint density at radius 2 is 2.29 bits per heavy atom. The maximum absolute atomic E-state index is 9.27. The standard InChI is InChI=1S/C11H22N4O2/c1-4-9-10(12)11(15(2)14-9)13-8(7-16)5-6-17-3/h8,13,16H,4-7,12H2,1-3H3. The van der Waals surface area contributed by atoms with Crippen LogP contribution in [0, 0.1) is 0 Å². The van der Waals surface area contributed by atoms with Gasteiger partial charge in [0.2, 0.25) is 0 Å². The molecule has 98 valence electrons. The number of anilines is 2. The summed E-state index contributed by atoms with van der Waals surface area (Å²) in [5.41, 5.74) is 7.52. The van der Waals surface area contributed by atoms with E-state index in [-0.39, 0.29) is 12.6 Å². The lowest BCUT2D eigenvalue weighted by molar-refractivity contribution is 0.174. The first kappa shape index (κ1) is 13.8. The number of ether oxygens (including phenoxy) is 1. The van der Waals surface area contributed by atoms with Crippen molar-refractivity contribution in [2.24, 2.45) is 7.05 Å². The first-order chi connectivity index (χ1) is 8.13. The Balaban J connectivity index is 2.75. The van der Waals surface area contributed by atoms with Crippen LogP contribution in [-0.2, 0) is 18.2 Å². The number of nitrogens with one attached hydrogen (secondary N) is 1. The van der Waals surface area contributed by atoms with Crippen molar-refractivity contribution in [1.82, 2.24) is 9.78 Å². The molecule has 0 aliphatic rings. The Labute approximate surface area is 102 Å². The number of aromatic nitrogens is 2. The Kier molecular flexibility index (Phi) is 5.24. The van der Waals surface area contributed by atoms with Gasteiger partial charge in [-0.15, -0.1) is 0 Å². The molecule has 0 amide bonds. The molecule has 1 aromatic heterocycles. The molecule has 0 fully saturated rings. The van der Waals surface area contributed by atoms with Gasteiger partial charge in [-0.25, -0.2) is 0 Å². The topological polar surface area (TPSA) is 85.3 Å². The van der Waals surface area contributed by atoms with E-state index >= 15 is 0 Å². The van der Waals surface area contributed by atoms with Gasteiger partial charge >= 0.3 is 0 Å². The third kappa shape index (κ3) is 3.34. The Bertz CT molecular complexity index is 351. The van der Waals surface area contributed by atoms with Gasteiger partial charge in [-0.2, -0.15) is 5.10 Å². The average molecular weight is 242 g/mol. The van der Waals surface area contributed by atoms with Gasteiger partial charge in [0.15, 0.2) is 0 Å². The van der Waals surface area contributed by atoms with Gasteiger partial charge in [0.25, 0.3) is 0 Å². The van der Waals surface area contributed by atoms with Crippen LogP contribution in [0.1, 0.15) is 19.0 Å². The Morgan fingerprint density at radius 3 is 2.76 bits per heavy atom. The Hall–Kier alpha value is -1.27. The van der Waals surface area contributed by atoms with Crippen LogP contribution in [0.25, 0.3) is 0 Å². The lowest BCUT2D eigenvalue weighted by Crippen LogP contribution is -2.27. The molecule has 0 radical (unpaired) electrons. The largest absolute Gasteiger partial charge is 0.394 e. The second-order valence-corrected chi connectivity index (χ2v) is 3.99. The maximum atomic E-state index is 9.27. The number of nitrogen functional groups attached to an aromatic ring is 1. The number of hydrogen-bond acceptors (Lipinski definition) is 5. The number of rotatable bonds is 7. The van der Waals surface area contributed by atoms with Gasteiger partial charge in [0.05, 0.1) is 24.0 Å². The first-order valence-electron chi connectivity index (χ1n) is 5.81. The van der Waals surface area contributed by atoms with E-state index in [0.29, 0.717) is 12.3 Å². The van der Waals surface area contributed by atoms with Crippen LogP contribution in [-0.4, -0.2) is 41.3 Å². The second kappa shape index (κ2) is 6.46. The third-order valence-electron chi connectivity index (χ3n) is 2.73. The molecule has 0 saturated carbocycles. The van der Waals surface area contributed by atoms with Crippen molar-refractivity contribution < 1.29 is 9.84 Å². The first-order valence-corrected chi connectivity index (χ1v) is 5.81. The summed E-state index contributed by atoms with van der Waals surface area (Å²) in [4.78, 5) is 0. The SMILES string of the molecule is CCc1nn(C)c(NC(CO)CCOC)c1N. The van der Waals surface area contributed by atoms with Gasteiger partial charge in [-0.05, 0) is 12.8 Å². The third-order valence-corrected chi connectivity index (χ3v) is 2.73. The molecular formula is C11H22N4O2. The van der Waals surface area contributed by atoms with Crippen LogP contribution in [0.3, 0.4) is 0 Å². The fourth-order valence-electron chi connectivity index (χ4n) is 1.69. The van der Waals surface area contributed by atoms with E-state index in [9.17, 15) is 5.11 Å². The lowest BCUT2D eigenvalue weighted by atomic mass is 10.2. The minimum atomic E-state index is -0.0719. The molecule has 1 heterocycles. The number of methoxy groups -OCH3 is 1. The zero-order valence-corrected chi connectivity index (χ0v) is 10.7. The zero-order chi connectivity index (χ0) is 12.8. The quantitative estimate of drug-likeness (QED) is 0.643. The summed E-state index contributed by atoms with van der Waals surface area (Å²) in [6.07, 6.45) is 1.52. The average Bonchev–Trinajstić information content (AvgIpc) is 2.60. The molecule has 1 atom stereocenters. The van der Waals surface area contributed by atoms with E-state index in [0.717, 1.165) is 24.4 Å². The Morgan fingerprint density at radius 1 is 1.59 bits per heavy atom. The lowest BCUT2D eigenvalue weighted by Gasteiger charge is -2.17. The fraction of sp³-hybridized carbons (Fsp3) is 0.727. The van der Waals surface area contributed by atoms with Gasteiger partial charge in [0, 0.05) is 20.8 Å². The number of aliphatic hydroxyl groups is 1. The summed E-state index contributed by atoms with van der Waals surface area (Å²) in [5, 5.41) is 16.8. The van der Waals surface area contributed by atoms with Crippen molar-refractivity contribution in [3.63, 3.8) is 0 Å². The molecule has 4 N–H and O–H groups in total. The van der Waals surface area contributed by atoms with E-state index < -0.39 is 0 Å². The highest BCUT2D eigenvalue weighted by atomic mass is 16.5. The van der Waals surface area contributed by atoms with E-state index in [1.54, 1.807) is 11.8 Å². The molecule has 1 rings (SSSR count). The number of nitrogens with zero attached hydrogens (tertiary/aromatic N) is 2. The minimum absolute atomic E-state index is 0.0371. The van der Waals surface area contributed by atoms with E-state index in [1.165, 1.54) is 0 Å². The smallest absolute Gasteiger partial charge is 0.148 e. The highest BCUT2D eigenvalue weighted by molar-refractivity contribution is 5.65. The molecule has 0 aliphatic carbocycles. The summed E-state index contributed by atoms with van der Waals surface area (Å²) in [5.74, 6) is 0.761. The zero-order valence-electron chi connectivity index (χ0n) is 10.7. The molecule has 6 heteroatoms. The van der Waals surface area contributed by atoms with Crippen molar-refractivity contribution in [1.29, 1.82) is 0 Å². The molecule has 0 saturated heterocycles. The molecule has 17 heavy (non-hydrogen) atoms. The molecule has 1 unspecified atom stereocenters. The summed E-state index contributed by atoms with van der Waals surface area (Å²) in [6.45, 7) is 2.64. The van der Waals surface area contributed by atoms with Crippen molar-refractivity contribution in [3.05, 3.63) is 5.69 Å². The van der Waals surface area contributed by atoms with E-state index in [4.69, 9.17) is 10.5 Å². The highest BCUT2D eigenvalue weighted by Crippen LogP contribution is 2.23. The van der Waals surface area contributed by atoms with Crippen LogP contribution in [0.5, 0.6) is 0 Å². The number of nitrogens with two attached hydrogens (primary N) is 1. The van der Waals surface area contributed by atoms with Crippen LogP contribution < -0.4 is 11.1 Å². The summed E-state index contributed by atoms with van der Waals surface area (Å²) in [7, 11) is 3.48. The minimum Gasteiger partial charge on any atom is -0.394 e. The van der Waals surface area contributed by atoms with Crippen molar-refractivity contribution in [3.8, 4) is 0 Å². The van der Waals surface area contributed by atoms with Gasteiger partial charge in [0.1, 0.15) is 5.82 Å². The van der Waals surface area contributed by atoms with Crippen molar-refractivity contribution >= 4 is 11.5 Å². The van der Waals surface area contributed by atoms with Crippen molar-refractivity contribution in [2.45, 2.75) is 25.8 Å². The number of hydrogen-bond donors (Lipinski definition) is 3. The predicted octanol–water partition coefficient (Wildman–Crippen LogP) is 0.374. The van der Waals surface area contributed by atoms with E-state index in [1.807, 2.05) is 14.0 Å². The van der Waals surface area contributed by atoms with Crippen LogP contribution in [0.15, 0.2) is 0 Å². The molecule has 0 aromatic carbocycles. The summed E-state index contributed by atoms with van der Waals surface area (Å²) >= 11 is 0. The van der Waals surface area contributed by atoms with Gasteiger partial charge < -0.3 is 20.9 Å². The summed E-state index contributed by atoms with van der Waals surface area (Å²) < 4.78 is 6.71. The highest BCUT2D eigenvalue weighted by Gasteiger charge is 2.15. The monoisotopic (exact) mass is 242 g/mol. The summed E-state index contributed by atoms with van der Waals surface area (Å²) in [6, 6.07) is -0.0719. The van der Waals surface area contributed by atoms with Crippen LogP contribution in [0.2, 0.25) is 0 Å². The van der Waals surface area contributed by atoms with Crippen LogP contribution in [0.4, 0.5) is 11.5 Å².